The third-order valence-electron chi connectivity index (χ3n) is 5.11. The summed E-state index contributed by atoms with van der Waals surface area (Å²) in [4.78, 5) is 26.6. The lowest BCUT2D eigenvalue weighted by Crippen LogP contribution is -2.47. The van der Waals surface area contributed by atoms with E-state index in [1.807, 2.05) is 13.0 Å². The van der Waals surface area contributed by atoms with Gasteiger partial charge in [-0.2, -0.15) is 0 Å². The number of hydrogen-bond acceptors (Lipinski definition) is 4. The first kappa shape index (κ1) is 21.8. The summed E-state index contributed by atoms with van der Waals surface area (Å²) in [6, 6.07) is 13.2. The number of sulfonamides is 1. The maximum atomic E-state index is 13.0. The fourth-order valence-corrected chi connectivity index (χ4v) is 4.90. The van der Waals surface area contributed by atoms with E-state index in [4.69, 9.17) is 0 Å². The molecule has 8 heteroatoms. The van der Waals surface area contributed by atoms with Gasteiger partial charge in [-0.25, -0.2) is 8.42 Å². The van der Waals surface area contributed by atoms with Crippen LogP contribution in [-0.2, 0) is 19.6 Å². The molecule has 0 aromatic heterocycles. The van der Waals surface area contributed by atoms with Crippen LogP contribution in [0.2, 0.25) is 0 Å². The third-order valence-corrected chi connectivity index (χ3v) is 6.29. The summed E-state index contributed by atoms with van der Waals surface area (Å²) in [7, 11) is -3.68. The molecule has 1 heterocycles. The minimum atomic E-state index is -3.68. The molecule has 0 aliphatic carbocycles. The number of nitrogens with zero attached hydrogens (tertiary/aromatic N) is 2. The van der Waals surface area contributed by atoms with Crippen molar-refractivity contribution in [2.75, 3.05) is 27.3 Å². The van der Waals surface area contributed by atoms with Gasteiger partial charge in [0.25, 0.3) is 0 Å². The summed E-state index contributed by atoms with van der Waals surface area (Å²) >= 11 is 0. The van der Waals surface area contributed by atoms with Crippen molar-refractivity contribution in [3.63, 3.8) is 0 Å². The Kier molecular flexibility index (Phi) is 6.45. The highest BCUT2D eigenvalue weighted by Gasteiger charge is 2.31. The lowest BCUT2D eigenvalue weighted by atomic mass is 10.1. The Morgan fingerprint density at radius 3 is 2.43 bits per heavy atom. The Bertz CT molecular complexity index is 1030. The number of carbonyl (C=O) groups is 2. The minimum Gasteiger partial charge on any atom is -0.324 e. The number of anilines is 3. The largest absolute Gasteiger partial charge is 0.324 e. The van der Waals surface area contributed by atoms with Crippen LogP contribution in [0.5, 0.6) is 0 Å². The molecule has 0 saturated carbocycles. The molecular formula is C22H27N3O4S. The predicted molar refractivity (Wildman–Crippen MR) is 119 cm³/mol. The van der Waals surface area contributed by atoms with Crippen LogP contribution in [0.15, 0.2) is 48.5 Å². The minimum absolute atomic E-state index is 0.0970. The monoisotopic (exact) mass is 429 g/mol. The lowest BCUT2D eigenvalue weighted by Gasteiger charge is -2.30. The van der Waals surface area contributed by atoms with Gasteiger partial charge in [0.15, 0.2) is 0 Å². The van der Waals surface area contributed by atoms with E-state index in [1.54, 1.807) is 54.3 Å². The molecule has 2 aromatic carbocycles. The molecule has 30 heavy (non-hydrogen) atoms. The highest BCUT2D eigenvalue weighted by atomic mass is 32.2. The van der Waals surface area contributed by atoms with E-state index in [0.29, 0.717) is 30.8 Å². The number of benzene rings is 2. The second-order valence-corrected chi connectivity index (χ2v) is 9.37. The maximum absolute atomic E-state index is 13.0. The first-order valence-electron chi connectivity index (χ1n) is 9.98. The van der Waals surface area contributed by atoms with Crippen LogP contribution in [0, 0.1) is 6.92 Å². The number of rotatable bonds is 7. The number of carbonyl (C=O) groups excluding carboxylic acids is 2. The molecule has 0 radical (unpaired) electrons. The van der Waals surface area contributed by atoms with Crippen molar-refractivity contribution in [1.29, 1.82) is 0 Å². The van der Waals surface area contributed by atoms with E-state index in [2.05, 4.69) is 5.32 Å². The van der Waals surface area contributed by atoms with E-state index in [1.165, 1.54) is 4.31 Å². The van der Waals surface area contributed by atoms with Crippen molar-refractivity contribution < 1.29 is 18.0 Å². The first-order chi connectivity index (χ1) is 14.2. The molecule has 0 spiro atoms. The molecule has 1 N–H and O–H groups in total. The zero-order chi connectivity index (χ0) is 21.9. The van der Waals surface area contributed by atoms with Crippen LogP contribution < -0.4 is 14.5 Å². The number of hydrogen-bond donors (Lipinski definition) is 1. The van der Waals surface area contributed by atoms with Gasteiger partial charge in [0.05, 0.1) is 11.9 Å². The molecular weight excluding hydrogens is 402 g/mol. The molecule has 0 unspecified atom stereocenters. The third kappa shape index (κ3) is 4.81. The molecule has 1 aliphatic rings. The number of aryl methyl sites for hydroxylation is 1. The quantitative estimate of drug-likeness (QED) is 0.732. The summed E-state index contributed by atoms with van der Waals surface area (Å²) in [5.74, 6) is -0.311. The highest BCUT2D eigenvalue weighted by Crippen LogP contribution is 2.26. The molecule has 2 aromatic rings. The van der Waals surface area contributed by atoms with E-state index < -0.39 is 22.0 Å². The fourth-order valence-electron chi connectivity index (χ4n) is 3.70. The summed E-state index contributed by atoms with van der Waals surface area (Å²) in [5, 5.41) is 2.81. The van der Waals surface area contributed by atoms with Crippen molar-refractivity contribution in [2.45, 2.75) is 39.2 Å². The van der Waals surface area contributed by atoms with E-state index >= 15 is 0 Å². The summed E-state index contributed by atoms with van der Waals surface area (Å²) < 4.78 is 26.2. The molecule has 3 rings (SSSR count). The van der Waals surface area contributed by atoms with Crippen LogP contribution in [0.1, 0.15) is 31.7 Å². The maximum Gasteiger partial charge on any atom is 0.248 e. The van der Waals surface area contributed by atoms with Crippen molar-refractivity contribution in [3.8, 4) is 0 Å². The topological polar surface area (TPSA) is 86.8 Å². The second kappa shape index (κ2) is 8.87. The van der Waals surface area contributed by atoms with Gasteiger partial charge in [-0.15, -0.1) is 0 Å². The van der Waals surface area contributed by atoms with Gasteiger partial charge in [-0.3, -0.25) is 13.9 Å². The average Bonchev–Trinajstić information content (AvgIpc) is 3.11. The number of amides is 2. The smallest absolute Gasteiger partial charge is 0.248 e. The first-order valence-corrected chi connectivity index (χ1v) is 11.8. The zero-order valence-electron chi connectivity index (χ0n) is 17.5. The van der Waals surface area contributed by atoms with Crippen LogP contribution in [-0.4, -0.2) is 39.1 Å². The van der Waals surface area contributed by atoms with E-state index in [0.717, 1.165) is 23.9 Å². The molecule has 160 valence electrons. The lowest BCUT2D eigenvalue weighted by molar-refractivity contribution is -0.118. The van der Waals surface area contributed by atoms with E-state index in [-0.39, 0.29) is 5.91 Å². The average molecular weight is 430 g/mol. The standard InChI is InChI=1S/C22H27N3O4S/c1-4-20(25(30(3,28)29)19-8-5-7-16(2)15-19)22(27)23-17-10-12-18(13-11-17)24-14-6-9-21(24)26/h5,7-8,10-13,15,20H,4,6,9,14H2,1-3H3,(H,23,27)/t20-/m0/s1. The van der Waals surface area contributed by atoms with Gasteiger partial charge >= 0.3 is 0 Å². The van der Waals surface area contributed by atoms with Crippen molar-refractivity contribution in [3.05, 3.63) is 54.1 Å². The predicted octanol–water partition coefficient (Wildman–Crippen LogP) is 3.31. The fraction of sp³-hybridized carbons (Fsp3) is 0.364. The summed E-state index contributed by atoms with van der Waals surface area (Å²) in [5.41, 5.74) is 2.71. The second-order valence-electron chi connectivity index (χ2n) is 7.51. The molecule has 2 amide bonds. The van der Waals surface area contributed by atoms with Gasteiger partial charge < -0.3 is 10.2 Å². The summed E-state index contributed by atoms with van der Waals surface area (Å²) in [6.07, 6.45) is 2.81. The molecule has 1 atom stereocenters. The molecule has 1 saturated heterocycles. The Balaban J connectivity index is 1.81. The Morgan fingerprint density at radius 2 is 1.90 bits per heavy atom. The normalized spacial score (nSPS) is 15.2. The van der Waals surface area contributed by atoms with Gasteiger partial charge in [0.2, 0.25) is 21.8 Å². The highest BCUT2D eigenvalue weighted by molar-refractivity contribution is 7.92. The van der Waals surface area contributed by atoms with Crippen molar-refractivity contribution >= 4 is 38.9 Å². The van der Waals surface area contributed by atoms with Gasteiger partial charge in [0, 0.05) is 24.3 Å². The number of nitrogens with one attached hydrogen (secondary N) is 1. The van der Waals surface area contributed by atoms with Gasteiger partial charge in [-0.1, -0.05) is 19.1 Å². The molecule has 0 bridgehead atoms. The SMILES string of the molecule is CC[C@@H](C(=O)Nc1ccc(N2CCCC2=O)cc1)N(c1cccc(C)c1)S(C)(=O)=O. The molecule has 7 nitrogen and oxygen atoms in total. The van der Waals surface area contributed by atoms with Gasteiger partial charge in [-0.05, 0) is 61.7 Å². The van der Waals surface area contributed by atoms with Crippen LogP contribution in [0.25, 0.3) is 0 Å². The Morgan fingerprint density at radius 1 is 1.20 bits per heavy atom. The van der Waals surface area contributed by atoms with Gasteiger partial charge in [0.1, 0.15) is 6.04 Å². The summed E-state index contributed by atoms with van der Waals surface area (Å²) in [6.45, 7) is 4.35. The van der Waals surface area contributed by atoms with Crippen LogP contribution in [0.3, 0.4) is 0 Å². The van der Waals surface area contributed by atoms with E-state index in [9.17, 15) is 18.0 Å². The molecule has 1 fully saturated rings. The van der Waals surface area contributed by atoms with Crippen molar-refractivity contribution in [1.82, 2.24) is 0 Å². The Labute approximate surface area is 177 Å². The van der Waals surface area contributed by atoms with Crippen LogP contribution in [0.4, 0.5) is 17.1 Å². The Hall–Kier alpha value is -2.87. The molecule has 1 aliphatic heterocycles. The van der Waals surface area contributed by atoms with Crippen LogP contribution >= 0.6 is 0 Å². The zero-order valence-corrected chi connectivity index (χ0v) is 18.3. The van der Waals surface area contributed by atoms with Crippen molar-refractivity contribution in [2.24, 2.45) is 0 Å².